The largest absolute Gasteiger partial charge is 0.501 e. The van der Waals surface area contributed by atoms with Gasteiger partial charge in [0.25, 0.3) is 0 Å². The molecule has 0 aromatic heterocycles. The van der Waals surface area contributed by atoms with E-state index in [-0.39, 0.29) is 5.92 Å². The van der Waals surface area contributed by atoms with Crippen LogP contribution in [0.3, 0.4) is 0 Å². The van der Waals surface area contributed by atoms with Gasteiger partial charge in [-0.05, 0) is 18.9 Å². The molecule has 3 aliphatic carbocycles. The summed E-state index contributed by atoms with van der Waals surface area (Å²) in [5, 5.41) is 0. The van der Waals surface area contributed by atoms with E-state index in [2.05, 4.69) is 0 Å². The average molecular weight is 238 g/mol. The predicted octanol–water partition coefficient (Wildman–Crippen LogP) is 0.641. The van der Waals surface area contributed by atoms with Gasteiger partial charge in [-0.1, -0.05) is 0 Å². The lowest BCUT2D eigenvalue weighted by molar-refractivity contribution is -0.156. The zero-order valence-electron chi connectivity index (χ0n) is 9.76. The quantitative estimate of drug-likeness (QED) is 0.522. The van der Waals surface area contributed by atoms with Crippen LogP contribution in [0.2, 0.25) is 0 Å². The molecule has 2 bridgehead atoms. The molecule has 92 valence electrons. The van der Waals surface area contributed by atoms with Crippen molar-refractivity contribution in [2.24, 2.45) is 17.8 Å². The Morgan fingerprint density at radius 2 is 2.12 bits per heavy atom. The summed E-state index contributed by atoms with van der Waals surface area (Å²) in [5.74, 6) is -1.13. The number of methoxy groups -OCH3 is 2. The Balaban J connectivity index is 2.13. The van der Waals surface area contributed by atoms with Gasteiger partial charge in [-0.25, -0.2) is 0 Å². The highest BCUT2D eigenvalue weighted by Crippen LogP contribution is 2.55. The molecule has 5 heteroatoms. The van der Waals surface area contributed by atoms with Crippen LogP contribution in [0.15, 0.2) is 11.8 Å². The average Bonchev–Trinajstić information content (AvgIpc) is 2.67. The highest BCUT2D eigenvalue weighted by atomic mass is 16.6. The zero-order chi connectivity index (χ0) is 12.2. The number of fused-ring (bicyclic) bond motifs is 1. The Labute approximate surface area is 98.7 Å². The van der Waals surface area contributed by atoms with Crippen LogP contribution in [0, 0.1) is 17.8 Å². The number of hydrogen-bond acceptors (Lipinski definition) is 5. The van der Waals surface area contributed by atoms with Gasteiger partial charge in [0, 0.05) is 13.0 Å². The van der Waals surface area contributed by atoms with Crippen molar-refractivity contribution < 1.29 is 23.8 Å². The highest BCUT2D eigenvalue weighted by molar-refractivity contribution is 5.98. The second-order valence-electron chi connectivity index (χ2n) is 4.80. The van der Waals surface area contributed by atoms with Crippen LogP contribution in [-0.2, 0) is 23.8 Å². The molecule has 5 nitrogen and oxygen atoms in total. The van der Waals surface area contributed by atoms with E-state index in [1.807, 2.05) is 6.08 Å². The van der Waals surface area contributed by atoms with Crippen molar-refractivity contribution in [2.45, 2.75) is 18.4 Å². The molecule has 2 fully saturated rings. The topological polar surface area (TPSA) is 61.8 Å². The Hall–Kier alpha value is -1.36. The van der Waals surface area contributed by atoms with E-state index in [1.54, 1.807) is 14.2 Å². The molecule has 4 rings (SSSR count). The highest BCUT2D eigenvalue weighted by Gasteiger charge is 2.64. The first-order valence-electron chi connectivity index (χ1n) is 5.70. The Morgan fingerprint density at radius 1 is 1.35 bits per heavy atom. The summed E-state index contributed by atoms with van der Waals surface area (Å²) < 4.78 is 15.6. The third-order valence-electron chi connectivity index (χ3n) is 4.26. The molecule has 0 spiro atoms. The first-order chi connectivity index (χ1) is 8.13. The third kappa shape index (κ3) is 1.17. The number of hydrogen-bond donors (Lipinski definition) is 0. The second kappa shape index (κ2) is 3.32. The monoisotopic (exact) mass is 238 g/mol. The van der Waals surface area contributed by atoms with Crippen LogP contribution in [-0.4, -0.2) is 31.8 Å². The van der Waals surface area contributed by atoms with Crippen LogP contribution < -0.4 is 0 Å². The third-order valence-corrected chi connectivity index (χ3v) is 4.26. The summed E-state index contributed by atoms with van der Waals surface area (Å²) >= 11 is 0. The first-order valence-corrected chi connectivity index (χ1v) is 5.70. The number of carbonyl (C=O) groups excluding carboxylic acids is 2. The van der Waals surface area contributed by atoms with Gasteiger partial charge in [-0.2, -0.15) is 0 Å². The van der Waals surface area contributed by atoms with E-state index >= 15 is 0 Å². The van der Waals surface area contributed by atoms with Crippen LogP contribution in [0.1, 0.15) is 12.8 Å². The number of ether oxygens (including phenoxy) is 3. The van der Waals surface area contributed by atoms with Gasteiger partial charge in [0.15, 0.2) is 0 Å². The summed E-state index contributed by atoms with van der Waals surface area (Å²) in [4.78, 5) is 23.5. The van der Waals surface area contributed by atoms with Gasteiger partial charge in [0.05, 0.1) is 18.8 Å². The standard InChI is InChI=1S/C12H14O5/c1-15-7-5-12(16-2)4-3-6(7)8-9(12)11(14)17-10(8)13/h5-6,8-9H,3-4H2,1-2H3/t6-,8+,9-,12-/m0/s1. The molecule has 0 aromatic rings. The minimum atomic E-state index is -0.728. The van der Waals surface area contributed by atoms with E-state index in [0.717, 1.165) is 18.6 Å². The van der Waals surface area contributed by atoms with E-state index in [0.29, 0.717) is 0 Å². The predicted molar refractivity (Wildman–Crippen MR) is 55.6 cm³/mol. The van der Waals surface area contributed by atoms with Crippen molar-refractivity contribution in [1.82, 2.24) is 0 Å². The summed E-state index contributed by atoms with van der Waals surface area (Å²) in [6.45, 7) is 0. The van der Waals surface area contributed by atoms with E-state index in [4.69, 9.17) is 14.2 Å². The SMILES string of the molecule is COC1=C[C@@]2(OC)CC[C@@H]1[C@H]1C(=O)OC(=O)[C@H]12. The van der Waals surface area contributed by atoms with E-state index in [1.165, 1.54) is 0 Å². The van der Waals surface area contributed by atoms with Crippen LogP contribution >= 0.6 is 0 Å². The number of allylic oxidation sites excluding steroid dienone is 1. The molecule has 17 heavy (non-hydrogen) atoms. The Bertz CT molecular complexity index is 427. The fourth-order valence-electron chi connectivity index (χ4n) is 3.46. The fourth-order valence-corrected chi connectivity index (χ4v) is 3.46. The maximum Gasteiger partial charge on any atom is 0.320 e. The molecule has 0 aromatic carbocycles. The van der Waals surface area contributed by atoms with Crippen LogP contribution in [0.4, 0.5) is 0 Å². The Kier molecular flexibility index (Phi) is 2.10. The summed E-state index contributed by atoms with van der Waals surface area (Å²) in [6.07, 6.45) is 3.36. The zero-order valence-corrected chi connectivity index (χ0v) is 9.76. The van der Waals surface area contributed by atoms with Crippen molar-refractivity contribution in [3.63, 3.8) is 0 Å². The molecule has 1 heterocycles. The smallest absolute Gasteiger partial charge is 0.320 e. The summed E-state index contributed by atoms with van der Waals surface area (Å²) in [5.41, 5.74) is -0.728. The van der Waals surface area contributed by atoms with Gasteiger partial charge in [0.1, 0.15) is 11.5 Å². The van der Waals surface area contributed by atoms with Gasteiger partial charge in [0.2, 0.25) is 0 Å². The van der Waals surface area contributed by atoms with Gasteiger partial charge < -0.3 is 14.2 Å². The molecule has 0 radical (unpaired) electrons. The van der Waals surface area contributed by atoms with Crippen molar-refractivity contribution in [2.75, 3.05) is 14.2 Å². The molecule has 4 atom stereocenters. The lowest BCUT2D eigenvalue weighted by Gasteiger charge is -2.47. The maximum atomic E-state index is 11.8. The normalized spacial score (nSPS) is 43.2. The molecule has 0 amide bonds. The molecule has 1 aliphatic heterocycles. The van der Waals surface area contributed by atoms with E-state index in [9.17, 15) is 9.59 Å². The molecular weight excluding hydrogens is 224 g/mol. The van der Waals surface area contributed by atoms with Crippen molar-refractivity contribution in [1.29, 1.82) is 0 Å². The van der Waals surface area contributed by atoms with Crippen LogP contribution in [0.25, 0.3) is 0 Å². The molecule has 0 unspecified atom stereocenters. The molecular formula is C12H14O5. The molecule has 1 saturated heterocycles. The second-order valence-corrected chi connectivity index (χ2v) is 4.80. The Morgan fingerprint density at radius 3 is 2.76 bits per heavy atom. The van der Waals surface area contributed by atoms with Crippen LogP contribution in [0.5, 0.6) is 0 Å². The molecule has 1 saturated carbocycles. The van der Waals surface area contributed by atoms with Crippen molar-refractivity contribution in [3.8, 4) is 0 Å². The molecule has 0 N–H and O–H groups in total. The van der Waals surface area contributed by atoms with Crippen molar-refractivity contribution >= 4 is 11.9 Å². The van der Waals surface area contributed by atoms with Gasteiger partial charge in [-0.15, -0.1) is 0 Å². The summed E-state index contributed by atoms with van der Waals surface area (Å²) in [7, 11) is 3.13. The minimum Gasteiger partial charge on any atom is -0.501 e. The minimum absolute atomic E-state index is 0.0408. The number of rotatable bonds is 2. The lowest BCUT2D eigenvalue weighted by atomic mass is 9.59. The van der Waals surface area contributed by atoms with Crippen molar-refractivity contribution in [3.05, 3.63) is 11.8 Å². The van der Waals surface area contributed by atoms with E-state index < -0.39 is 29.4 Å². The maximum absolute atomic E-state index is 11.8. The van der Waals surface area contributed by atoms with Gasteiger partial charge >= 0.3 is 11.9 Å². The fraction of sp³-hybridized carbons (Fsp3) is 0.667. The lowest BCUT2D eigenvalue weighted by Crippen LogP contribution is -2.54. The number of esters is 2. The summed E-state index contributed by atoms with van der Waals surface area (Å²) in [6, 6.07) is 0. The van der Waals surface area contributed by atoms with Gasteiger partial charge in [-0.3, -0.25) is 9.59 Å². The first kappa shape index (κ1) is 10.8. The number of carbonyl (C=O) groups is 2. The number of cyclic esters (lactones) is 2. The molecule has 4 aliphatic rings.